The summed E-state index contributed by atoms with van der Waals surface area (Å²) in [5.74, 6) is -0.488. The van der Waals surface area contributed by atoms with Gasteiger partial charge in [0.2, 0.25) is 0 Å². The van der Waals surface area contributed by atoms with Gasteiger partial charge in [-0.3, -0.25) is 14.5 Å². The van der Waals surface area contributed by atoms with Gasteiger partial charge >= 0.3 is 0 Å². The number of carbonyl (C=O) groups is 2. The molecule has 1 aromatic rings. The van der Waals surface area contributed by atoms with E-state index in [0.29, 0.717) is 30.7 Å². The summed E-state index contributed by atoms with van der Waals surface area (Å²) in [6.45, 7) is 4.10. The van der Waals surface area contributed by atoms with E-state index >= 15 is 0 Å². The third-order valence-electron chi connectivity index (χ3n) is 4.94. The number of aliphatic hydroxyl groups is 2. The van der Waals surface area contributed by atoms with Crippen molar-refractivity contribution >= 4 is 11.8 Å². The number of hydrogen-bond acceptors (Lipinski definition) is 4. The van der Waals surface area contributed by atoms with Gasteiger partial charge in [-0.25, -0.2) is 0 Å². The number of hydrogen-bond donors (Lipinski definition) is 2. The van der Waals surface area contributed by atoms with Gasteiger partial charge in [-0.1, -0.05) is 38.7 Å². The predicted octanol–water partition coefficient (Wildman–Crippen LogP) is 2.19. The highest BCUT2D eigenvalue weighted by Crippen LogP contribution is 2.23. The van der Waals surface area contributed by atoms with Crippen LogP contribution in [0.3, 0.4) is 0 Å². The molecule has 0 aromatic carbocycles. The Morgan fingerprint density at radius 3 is 2.46 bits per heavy atom. The van der Waals surface area contributed by atoms with Crippen LogP contribution in [0.15, 0.2) is 24.4 Å². The zero-order chi connectivity index (χ0) is 19.1. The number of imide groups is 1. The quantitative estimate of drug-likeness (QED) is 0.380. The highest BCUT2D eigenvalue weighted by molar-refractivity contribution is 6.11. The van der Waals surface area contributed by atoms with Crippen LogP contribution in [0.1, 0.15) is 61.0 Å². The second kappa shape index (κ2) is 9.69. The molecule has 1 unspecified atom stereocenters. The molecule has 6 heteroatoms. The topological polar surface area (TPSA) is 82.8 Å². The smallest absolute Gasteiger partial charge is 0.277 e. The Morgan fingerprint density at radius 2 is 1.77 bits per heavy atom. The predicted molar refractivity (Wildman–Crippen MR) is 99.7 cm³/mol. The van der Waals surface area contributed by atoms with Crippen molar-refractivity contribution in [1.82, 2.24) is 9.47 Å². The minimum absolute atomic E-state index is 0.175. The average Bonchev–Trinajstić information content (AvgIpc) is 2.95. The molecule has 0 aliphatic carbocycles. The molecule has 0 radical (unpaired) electrons. The molecule has 1 aromatic heterocycles. The molecule has 0 spiro atoms. The SMILES string of the molecule is C=C1Cc2ccn(C)c2C(=O)N(CCCCCCCCC(O)CO)C1=O. The van der Waals surface area contributed by atoms with Crippen LogP contribution in [0.4, 0.5) is 0 Å². The van der Waals surface area contributed by atoms with Crippen molar-refractivity contribution in [1.29, 1.82) is 0 Å². The molecule has 1 aliphatic heterocycles. The molecule has 0 fully saturated rings. The standard InChI is InChI=1S/C20H30N2O4/c1-15-13-16-10-12-21(2)18(16)20(26)22(19(15)25)11-8-6-4-3-5-7-9-17(24)14-23/h10,12,17,23-24H,1,3-9,11,13-14H2,2H3. The Balaban J connectivity index is 1.77. The Labute approximate surface area is 155 Å². The average molecular weight is 362 g/mol. The summed E-state index contributed by atoms with van der Waals surface area (Å²) in [6, 6.07) is 1.88. The molecule has 144 valence electrons. The van der Waals surface area contributed by atoms with Gasteiger partial charge in [0.15, 0.2) is 0 Å². The maximum Gasteiger partial charge on any atom is 0.277 e. The number of aliphatic hydroxyl groups excluding tert-OH is 2. The van der Waals surface area contributed by atoms with Crippen molar-refractivity contribution in [2.75, 3.05) is 13.2 Å². The number of fused-ring (bicyclic) bond motifs is 1. The minimum Gasteiger partial charge on any atom is -0.394 e. The summed E-state index contributed by atoms with van der Waals surface area (Å²) >= 11 is 0. The number of nitrogens with zero attached hydrogens (tertiary/aromatic N) is 2. The number of aryl methyl sites for hydroxylation is 1. The van der Waals surface area contributed by atoms with Crippen molar-refractivity contribution in [3.8, 4) is 0 Å². The van der Waals surface area contributed by atoms with E-state index in [-0.39, 0.29) is 18.4 Å². The summed E-state index contributed by atoms with van der Waals surface area (Å²) in [4.78, 5) is 26.6. The molecular formula is C20H30N2O4. The summed E-state index contributed by atoms with van der Waals surface area (Å²) < 4.78 is 1.78. The van der Waals surface area contributed by atoms with Gasteiger partial charge in [-0.15, -0.1) is 0 Å². The van der Waals surface area contributed by atoms with Crippen LogP contribution in [0.25, 0.3) is 0 Å². The van der Waals surface area contributed by atoms with Gasteiger partial charge in [0.1, 0.15) is 5.69 Å². The molecule has 1 aliphatic rings. The maximum absolute atomic E-state index is 12.8. The van der Waals surface area contributed by atoms with Crippen LogP contribution in [0.2, 0.25) is 0 Å². The molecule has 0 saturated heterocycles. The summed E-state index contributed by atoms with van der Waals surface area (Å²) in [6.07, 6.45) is 8.03. The van der Waals surface area contributed by atoms with E-state index in [1.165, 1.54) is 4.90 Å². The second-order valence-corrected chi connectivity index (χ2v) is 7.09. The zero-order valence-corrected chi connectivity index (χ0v) is 15.6. The van der Waals surface area contributed by atoms with Gasteiger partial charge in [0.05, 0.1) is 12.7 Å². The molecule has 2 heterocycles. The number of amides is 2. The minimum atomic E-state index is -0.606. The third kappa shape index (κ3) is 5.05. The normalized spacial score (nSPS) is 16.0. The van der Waals surface area contributed by atoms with E-state index in [4.69, 9.17) is 5.11 Å². The lowest BCUT2D eigenvalue weighted by atomic mass is 10.1. The van der Waals surface area contributed by atoms with E-state index in [0.717, 1.165) is 44.1 Å². The molecule has 2 N–H and O–H groups in total. The third-order valence-corrected chi connectivity index (χ3v) is 4.94. The molecule has 26 heavy (non-hydrogen) atoms. The molecule has 0 saturated carbocycles. The number of carbonyl (C=O) groups excluding carboxylic acids is 2. The molecule has 0 bridgehead atoms. The van der Waals surface area contributed by atoms with E-state index in [1.807, 2.05) is 19.3 Å². The van der Waals surface area contributed by atoms with Crippen molar-refractivity contribution in [3.05, 3.63) is 35.7 Å². The summed E-state index contributed by atoms with van der Waals surface area (Å²) in [7, 11) is 1.82. The Morgan fingerprint density at radius 1 is 1.12 bits per heavy atom. The van der Waals surface area contributed by atoms with Gasteiger partial charge in [0, 0.05) is 31.8 Å². The Bertz CT molecular complexity index is 650. The van der Waals surface area contributed by atoms with Crippen molar-refractivity contribution in [2.45, 2.75) is 57.5 Å². The van der Waals surface area contributed by atoms with Gasteiger partial charge < -0.3 is 14.8 Å². The van der Waals surface area contributed by atoms with Crippen LogP contribution in [-0.2, 0) is 18.3 Å². The fraction of sp³-hybridized carbons (Fsp3) is 0.600. The lowest BCUT2D eigenvalue weighted by Crippen LogP contribution is -2.38. The van der Waals surface area contributed by atoms with E-state index < -0.39 is 6.10 Å². The highest BCUT2D eigenvalue weighted by Gasteiger charge is 2.31. The number of unbranched alkanes of at least 4 members (excludes halogenated alkanes) is 5. The molecule has 1 atom stereocenters. The van der Waals surface area contributed by atoms with Gasteiger partial charge in [0.25, 0.3) is 11.8 Å². The molecular weight excluding hydrogens is 332 g/mol. The van der Waals surface area contributed by atoms with Crippen molar-refractivity contribution in [3.63, 3.8) is 0 Å². The molecule has 2 rings (SSSR count). The lowest BCUT2D eigenvalue weighted by Gasteiger charge is -2.20. The summed E-state index contributed by atoms with van der Waals surface area (Å²) in [5, 5.41) is 18.0. The zero-order valence-electron chi connectivity index (χ0n) is 15.6. The van der Waals surface area contributed by atoms with Gasteiger partial charge in [-0.05, 0) is 24.5 Å². The first-order valence-corrected chi connectivity index (χ1v) is 9.42. The van der Waals surface area contributed by atoms with E-state index in [2.05, 4.69) is 6.58 Å². The number of aromatic nitrogens is 1. The van der Waals surface area contributed by atoms with E-state index in [1.54, 1.807) is 4.57 Å². The van der Waals surface area contributed by atoms with Crippen molar-refractivity contribution in [2.24, 2.45) is 7.05 Å². The Kier molecular flexibility index (Phi) is 7.60. The van der Waals surface area contributed by atoms with Crippen LogP contribution < -0.4 is 0 Å². The van der Waals surface area contributed by atoms with E-state index in [9.17, 15) is 14.7 Å². The number of rotatable bonds is 10. The first kappa shape index (κ1) is 20.4. The summed E-state index contributed by atoms with van der Waals surface area (Å²) in [5.41, 5.74) is 1.91. The van der Waals surface area contributed by atoms with Gasteiger partial charge in [-0.2, -0.15) is 0 Å². The van der Waals surface area contributed by atoms with Crippen LogP contribution in [0.5, 0.6) is 0 Å². The lowest BCUT2D eigenvalue weighted by molar-refractivity contribution is -0.124. The monoisotopic (exact) mass is 362 g/mol. The maximum atomic E-state index is 12.8. The highest BCUT2D eigenvalue weighted by atomic mass is 16.3. The van der Waals surface area contributed by atoms with Crippen molar-refractivity contribution < 1.29 is 19.8 Å². The molecule has 6 nitrogen and oxygen atoms in total. The van der Waals surface area contributed by atoms with Crippen LogP contribution in [0, 0.1) is 0 Å². The first-order chi connectivity index (χ1) is 12.5. The first-order valence-electron chi connectivity index (χ1n) is 9.42. The van der Waals surface area contributed by atoms with Crippen LogP contribution in [-0.4, -0.2) is 50.8 Å². The fourth-order valence-electron chi connectivity index (χ4n) is 3.38. The Hall–Kier alpha value is -1.92. The molecule has 2 amide bonds. The fourth-order valence-corrected chi connectivity index (χ4v) is 3.38. The largest absolute Gasteiger partial charge is 0.394 e. The second-order valence-electron chi connectivity index (χ2n) is 7.09. The van der Waals surface area contributed by atoms with Crippen LogP contribution >= 0.6 is 0 Å².